The van der Waals surface area contributed by atoms with E-state index in [4.69, 9.17) is 16.2 Å². The van der Waals surface area contributed by atoms with Gasteiger partial charge in [0, 0.05) is 11.1 Å². The molecule has 0 spiro atoms. The van der Waals surface area contributed by atoms with Crippen molar-refractivity contribution in [2.45, 2.75) is 26.9 Å². The molecule has 2 heterocycles. The Kier molecular flexibility index (Phi) is 4.42. The monoisotopic (exact) mass is 338 g/mol. The average Bonchev–Trinajstić information content (AvgIpc) is 2.58. The molecule has 0 radical (unpaired) electrons. The molecule has 8 heteroatoms. The minimum atomic E-state index is -0.469. The molecule has 0 aliphatic rings. The van der Waals surface area contributed by atoms with Crippen LogP contribution >= 0.6 is 0 Å². The van der Waals surface area contributed by atoms with Crippen molar-refractivity contribution >= 4 is 28.8 Å². The van der Waals surface area contributed by atoms with Crippen molar-refractivity contribution in [2.75, 3.05) is 11.5 Å². The lowest BCUT2D eigenvalue weighted by Crippen LogP contribution is -2.13. The van der Waals surface area contributed by atoms with Crippen LogP contribution in [-0.2, 0) is 17.8 Å². The second kappa shape index (κ2) is 6.68. The van der Waals surface area contributed by atoms with Crippen molar-refractivity contribution in [1.82, 2.24) is 19.9 Å². The van der Waals surface area contributed by atoms with Crippen LogP contribution in [0.15, 0.2) is 24.3 Å². The van der Waals surface area contributed by atoms with Gasteiger partial charge in [0.25, 0.3) is 0 Å². The van der Waals surface area contributed by atoms with E-state index in [1.165, 1.54) is 0 Å². The number of hydrogen-bond acceptors (Lipinski definition) is 8. The van der Waals surface area contributed by atoms with E-state index in [-0.39, 0.29) is 24.3 Å². The van der Waals surface area contributed by atoms with Gasteiger partial charge in [-0.25, -0.2) is 4.79 Å². The zero-order valence-corrected chi connectivity index (χ0v) is 14.0. The van der Waals surface area contributed by atoms with Gasteiger partial charge in [-0.05, 0) is 25.0 Å². The summed E-state index contributed by atoms with van der Waals surface area (Å²) in [5, 5.41) is 0.747. The maximum Gasteiger partial charge on any atom is 0.339 e. The van der Waals surface area contributed by atoms with Crippen LogP contribution < -0.4 is 11.5 Å². The Morgan fingerprint density at radius 3 is 2.44 bits per heavy atom. The van der Waals surface area contributed by atoms with Crippen molar-refractivity contribution < 1.29 is 9.53 Å². The van der Waals surface area contributed by atoms with Gasteiger partial charge in [0.2, 0.25) is 11.9 Å². The summed E-state index contributed by atoms with van der Waals surface area (Å²) in [6, 6.07) is 7.47. The molecule has 0 saturated carbocycles. The second-order valence-electron chi connectivity index (χ2n) is 5.47. The summed E-state index contributed by atoms with van der Waals surface area (Å²) in [6.07, 6.45) is 0.720. The number of carbonyl (C=O) groups excluding carboxylic acids is 1. The fourth-order valence-electron chi connectivity index (χ4n) is 2.69. The topological polar surface area (TPSA) is 130 Å². The lowest BCUT2D eigenvalue weighted by molar-refractivity contribution is 0.0463. The number of pyridine rings is 1. The van der Waals surface area contributed by atoms with Crippen LogP contribution in [0.1, 0.15) is 34.4 Å². The van der Waals surface area contributed by atoms with Crippen LogP contribution in [0.3, 0.4) is 0 Å². The molecule has 0 aliphatic heterocycles. The number of aryl methyl sites for hydroxylation is 1. The van der Waals surface area contributed by atoms with Gasteiger partial charge in [-0.15, -0.1) is 0 Å². The average molecular weight is 338 g/mol. The van der Waals surface area contributed by atoms with Crippen molar-refractivity contribution in [3.05, 3.63) is 46.9 Å². The molecule has 25 heavy (non-hydrogen) atoms. The van der Waals surface area contributed by atoms with Crippen LogP contribution in [0, 0.1) is 6.92 Å². The number of para-hydroxylation sites is 1. The van der Waals surface area contributed by atoms with E-state index >= 15 is 0 Å². The summed E-state index contributed by atoms with van der Waals surface area (Å²) in [6.45, 7) is 3.72. The highest BCUT2D eigenvalue weighted by atomic mass is 16.5. The van der Waals surface area contributed by atoms with Crippen LogP contribution in [0.4, 0.5) is 11.9 Å². The van der Waals surface area contributed by atoms with Crippen LogP contribution in [0.5, 0.6) is 0 Å². The molecule has 4 N–H and O–H groups in total. The Labute approximate surface area is 144 Å². The largest absolute Gasteiger partial charge is 0.454 e. The Balaban J connectivity index is 1.95. The molecule has 1 aromatic carbocycles. The molecule has 0 aliphatic carbocycles. The number of hydrogen-bond donors (Lipinski definition) is 2. The van der Waals surface area contributed by atoms with Gasteiger partial charge in [-0.1, -0.05) is 25.1 Å². The van der Waals surface area contributed by atoms with E-state index in [1.54, 1.807) is 0 Å². The lowest BCUT2D eigenvalue weighted by atomic mass is 10.0. The maximum absolute atomic E-state index is 12.7. The van der Waals surface area contributed by atoms with Gasteiger partial charge in [0.15, 0.2) is 12.4 Å². The number of rotatable bonds is 4. The summed E-state index contributed by atoms with van der Waals surface area (Å²) < 4.78 is 5.38. The van der Waals surface area contributed by atoms with Crippen LogP contribution in [0.2, 0.25) is 0 Å². The van der Waals surface area contributed by atoms with E-state index in [1.807, 2.05) is 38.1 Å². The first-order valence-electron chi connectivity index (χ1n) is 7.80. The lowest BCUT2D eigenvalue weighted by Gasteiger charge is -2.13. The van der Waals surface area contributed by atoms with Crippen molar-refractivity contribution in [3.8, 4) is 0 Å². The number of fused-ring (bicyclic) bond motifs is 1. The van der Waals surface area contributed by atoms with Crippen molar-refractivity contribution in [2.24, 2.45) is 0 Å². The molecular weight excluding hydrogens is 320 g/mol. The molecule has 0 amide bonds. The van der Waals surface area contributed by atoms with Gasteiger partial charge in [-0.3, -0.25) is 4.98 Å². The molecule has 0 saturated heterocycles. The highest BCUT2D eigenvalue weighted by Crippen LogP contribution is 2.24. The minimum Gasteiger partial charge on any atom is -0.454 e. The van der Waals surface area contributed by atoms with Crippen molar-refractivity contribution in [1.29, 1.82) is 0 Å². The summed E-state index contributed by atoms with van der Waals surface area (Å²) in [5.74, 6) is -0.303. The first-order chi connectivity index (χ1) is 12.0. The molecule has 0 bridgehead atoms. The minimum absolute atomic E-state index is 0.0163. The normalized spacial score (nSPS) is 10.8. The predicted octanol–water partition coefficient (Wildman–Crippen LogP) is 1.81. The van der Waals surface area contributed by atoms with Gasteiger partial charge < -0.3 is 16.2 Å². The Hall–Kier alpha value is -3.29. The van der Waals surface area contributed by atoms with E-state index < -0.39 is 5.97 Å². The number of aromatic nitrogens is 4. The summed E-state index contributed by atoms with van der Waals surface area (Å²) in [7, 11) is 0. The molecule has 2 aromatic heterocycles. The number of nitrogen functional groups attached to an aromatic ring is 2. The van der Waals surface area contributed by atoms with Crippen LogP contribution in [0.25, 0.3) is 10.9 Å². The second-order valence-corrected chi connectivity index (χ2v) is 5.47. The third-order valence-electron chi connectivity index (χ3n) is 3.82. The molecule has 0 fully saturated rings. The molecule has 3 aromatic rings. The van der Waals surface area contributed by atoms with Crippen LogP contribution in [-0.4, -0.2) is 25.9 Å². The summed E-state index contributed by atoms with van der Waals surface area (Å²) in [5.41, 5.74) is 14.0. The molecule has 0 atom stereocenters. The summed E-state index contributed by atoms with van der Waals surface area (Å²) >= 11 is 0. The van der Waals surface area contributed by atoms with Gasteiger partial charge in [0.1, 0.15) is 0 Å². The number of benzene rings is 1. The zero-order valence-electron chi connectivity index (χ0n) is 14.0. The highest BCUT2D eigenvalue weighted by molar-refractivity contribution is 6.04. The Morgan fingerprint density at radius 2 is 1.76 bits per heavy atom. The number of esters is 1. The first kappa shape index (κ1) is 16.6. The van der Waals surface area contributed by atoms with Gasteiger partial charge in [0.05, 0.1) is 11.1 Å². The standard InChI is InChI=1S/C17H18N6O2/c1-3-11-9(2)14(10-6-4-5-7-12(10)20-11)15(24)25-8-13-21-16(18)23-17(19)22-13/h4-7H,3,8H2,1-2H3,(H4,18,19,21,22,23). The molecule has 0 unspecified atom stereocenters. The zero-order chi connectivity index (χ0) is 18.0. The maximum atomic E-state index is 12.7. The number of nitrogens with zero attached hydrogens (tertiary/aromatic N) is 4. The number of carbonyl (C=O) groups is 1. The fourth-order valence-corrected chi connectivity index (χ4v) is 2.69. The molecular formula is C17H18N6O2. The molecule has 128 valence electrons. The SMILES string of the molecule is CCc1nc2ccccc2c(C(=O)OCc2nc(N)nc(N)n2)c1C. The van der Waals surface area contributed by atoms with E-state index in [9.17, 15) is 4.79 Å². The van der Waals surface area contributed by atoms with E-state index in [0.717, 1.165) is 28.6 Å². The quantitative estimate of drug-likeness (QED) is 0.689. The molecule has 8 nitrogen and oxygen atoms in total. The summed E-state index contributed by atoms with van der Waals surface area (Å²) in [4.78, 5) is 28.8. The van der Waals surface area contributed by atoms with Gasteiger partial charge in [-0.2, -0.15) is 15.0 Å². The number of ether oxygens (including phenoxy) is 1. The van der Waals surface area contributed by atoms with Gasteiger partial charge >= 0.3 is 5.97 Å². The van der Waals surface area contributed by atoms with E-state index in [0.29, 0.717) is 5.56 Å². The van der Waals surface area contributed by atoms with E-state index in [2.05, 4.69) is 19.9 Å². The smallest absolute Gasteiger partial charge is 0.339 e. The predicted molar refractivity (Wildman–Crippen MR) is 93.6 cm³/mol. The fraction of sp³-hybridized carbons (Fsp3) is 0.235. The highest BCUT2D eigenvalue weighted by Gasteiger charge is 2.19. The third-order valence-corrected chi connectivity index (χ3v) is 3.82. The Bertz CT molecular complexity index is 937. The number of anilines is 2. The van der Waals surface area contributed by atoms with Crippen molar-refractivity contribution in [3.63, 3.8) is 0 Å². The molecule has 3 rings (SSSR count). The first-order valence-corrected chi connectivity index (χ1v) is 7.80. The number of nitrogens with two attached hydrogens (primary N) is 2. The third kappa shape index (κ3) is 3.32. The Morgan fingerprint density at radius 1 is 1.08 bits per heavy atom.